The van der Waals surface area contributed by atoms with E-state index in [0.717, 1.165) is 0 Å². The van der Waals surface area contributed by atoms with Crippen LogP contribution in [0.2, 0.25) is 0 Å². The van der Waals surface area contributed by atoms with Gasteiger partial charge >= 0.3 is 11.9 Å². The van der Waals surface area contributed by atoms with E-state index >= 15 is 0 Å². The number of aromatic hydroxyl groups is 1. The largest absolute Gasteiger partial charge is 0.508 e. The summed E-state index contributed by atoms with van der Waals surface area (Å²) in [4.78, 5) is 93.8. The van der Waals surface area contributed by atoms with Gasteiger partial charge in [0.2, 0.25) is 29.5 Å². The molecule has 298 valence electrons. The summed E-state index contributed by atoms with van der Waals surface area (Å²) in [6.07, 6.45) is 0.298. The molecule has 0 bridgehead atoms. The van der Waals surface area contributed by atoms with Crippen LogP contribution >= 0.6 is 0 Å². The second-order valence-corrected chi connectivity index (χ2v) is 13.8. The molecule has 2 aromatic carbocycles. The third-order valence-electron chi connectivity index (χ3n) is 8.82. The number of benzene rings is 2. The summed E-state index contributed by atoms with van der Waals surface area (Å²) >= 11 is 0. The van der Waals surface area contributed by atoms with Crippen molar-refractivity contribution in [3.8, 4) is 5.75 Å². The first-order valence-corrected chi connectivity index (χ1v) is 17.6. The van der Waals surface area contributed by atoms with Crippen molar-refractivity contribution in [2.24, 2.45) is 17.6 Å². The molecule has 18 nitrogen and oxygen atoms in total. The molecule has 1 heterocycles. The predicted octanol–water partition coefficient (Wildman–Crippen LogP) is -0.726. The maximum atomic E-state index is 13.8. The van der Waals surface area contributed by atoms with Gasteiger partial charge < -0.3 is 57.7 Å². The highest BCUT2D eigenvalue weighted by molar-refractivity contribution is 5.98. The topological polar surface area (TPSA) is 302 Å². The molecule has 55 heavy (non-hydrogen) atoms. The SMILES string of the molecule is CC(C)[C@H](N)C(=O)N[C@@H](CO)C(=O)N[C@H](C(=O)N[C@@H](CC(=O)O)C(=O)N[C@@H](Cc1c[nH]c2ccccc12)C(=O)N[C@@H](Cc1ccc(O)cc1)C(=O)O)C(C)C. The number of carbonyl (C=O) groups is 7. The number of aliphatic carboxylic acids is 2. The van der Waals surface area contributed by atoms with E-state index in [1.807, 2.05) is 0 Å². The van der Waals surface area contributed by atoms with Crippen molar-refractivity contribution in [3.63, 3.8) is 0 Å². The minimum atomic E-state index is -1.79. The molecule has 0 saturated heterocycles. The first-order valence-electron chi connectivity index (χ1n) is 17.6. The van der Waals surface area contributed by atoms with Crippen LogP contribution in [0.1, 0.15) is 45.2 Å². The van der Waals surface area contributed by atoms with E-state index in [0.29, 0.717) is 22.0 Å². The fourth-order valence-corrected chi connectivity index (χ4v) is 5.54. The summed E-state index contributed by atoms with van der Waals surface area (Å²) in [5, 5.41) is 51.7. The zero-order chi connectivity index (χ0) is 41.0. The number of carboxylic acid groups (broad SMARTS) is 2. The Labute approximate surface area is 316 Å². The Morgan fingerprint density at radius 3 is 1.82 bits per heavy atom. The quantitative estimate of drug-likeness (QED) is 0.0679. The van der Waals surface area contributed by atoms with Gasteiger partial charge in [-0.3, -0.25) is 28.8 Å². The fourth-order valence-electron chi connectivity index (χ4n) is 5.54. The van der Waals surface area contributed by atoms with Crippen molar-refractivity contribution in [2.75, 3.05) is 6.61 Å². The van der Waals surface area contributed by atoms with Gasteiger partial charge in [0, 0.05) is 29.9 Å². The van der Waals surface area contributed by atoms with Gasteiger partial charge in [0.25, 0.3) is 0 Å². The number of aromatic amines is 1. The van der Waals surface area contributed by atoms with Crippen LogP contribution < -0.4 is 32.3 Å². The molecule has 12 N–H and O–H groups in total. The Hall–Kier alpha value is -6.01. The Morgan fingerprint density at radius 1 is 0.673 bits per heavy atom. The average molecular weight is 768 g/mol. The molecule has 5 amide bonds. The van der Waals surface area contributed by atoms with Crippen LogP contribution in [0.25, 0.3) is 10.9 Å². The summed E-state index contributed by atoms with van der Waals surface area (Å²) < 4.78 is 0. The molecule has 0 unspecified atom stereocenters. The lowest BCUT2D eigenvalue weighted by atomic mass is 10.0. The highest BCUT2D eigenvalue weighted by atomic mass is 16.4. The van der Waals surface area contributed by atoms with Crippen molar-refractivity contribution in [1.82, 2.24) is 31.6 Å². The number of aliphatic hydroxyl groups is 1. The van der Waals surface area contributed by atoms with E-state index in [4.69, 9.17) is 5.73 Å². The van der Waals surface area contributed by atoms with Gasteiger partial charge in [0.15, 0.2) is 0 Å². The molecule has 0 aliphatic rings. The lowest BCUT2D eigenvalue weighted by molar-refractivity contribution is -0.143. The molecule has 0 fully saturated rings. The van der Waals surface area contributed by atoms with Crippen LogP contribution in [0.4, 0.5) is 0 Å². The average Bonchev–Trinajstić information content (AvgIpc) is 3.54. The number of phenols is 1. The van der Waals surface area contributed by atoms with E-state index in [-0.39, 0.29) is 24.5 Å². The molecule has 18 heteroatoms. The Morgan fingerprint density at radius 2 is 1.24 bits per heavy atom. The number of carbonyl (C=O) groups excluding carboxylic acids is 5. The van der Waals surface area contributed by atoms with Crippen molar-refractivity contribution < 1.29 is 54.0 Å². The normalized spacial score (nSPS) is 14.5. The lowest BCUT2D eigenvalue weighted by Gasteiger charge is -2.28. The first-order chi connectivity index (χ1) is 25.9. The number of hydrogen-bond donors (Lipinski definition) is 11. The molecule has 0 spiro atoms. The van der Waals surface area contributed by atoms with Crippen LogP contribution in [-0.4, -0.2) is 110 Å². The van der Waals surface area contributed by atoms with Crippen LogP contribution in [0.5, 0.6) is 5.75 Å². The summed E-state index contributed by atoms with van der Waals surface area (Å²) in [6, 6.07) is 4.16. The molecule has 0 saturated carbocycles. The van der Waals surface area contributed by atoms with Crippen LogP contribution in [0.3, 0.4) is 0 Å². The van der Waals surface area contributed by atoms with Crippen molar-refractivity contribution in [2.45, 2.75) is 83.2 Å². The highest BCUT2D eigenvalue weighted by Crippen LogP contribution is 2.20. The maximum absolute atomic E-state index is 13.8. The summed E-state index contributed by atoms with van der Waals surface area (Å²) in [5.41, 5.74) is 7.58. The zero-order valence-corrected chi connectivity index (χ0v) is 30.9. The minimum Gasteiger partial charge on any atom is -0.508 e. The number of aliphatic hydroxyl groups excluding tert-OH is 1. The van der Waals surface area contributed by atoms with E-state index in [1.54, 1.807) is 58.2 Å². The lowest BCUT2D eigenvalue weighted by Crippen LogP contribution is -2.61. The molecular weight excluding hydrogens is 718 g/mol. The van der Waals surface area contributed by atoms with Crippen molar-refractivity contribution in [1.29, 1.82) is 0 Å². The molecule has 3 aromatic rings. The number of carboxylic acids is 2. The molecule has 0 aliphatic heterocycles. The number of H-pyrrole nitrogens is 1. The van der Waals surface area contributed by atoms with Crippen LogP contribution in [-0.2, 0) is 46.4 Å². The van der Waals surface area contributed by atoms with Gasteiger partial charge in [-0.15, -0.1) is 0 Å². The number of rotatable bonds is 20. The van der Waals surface area contributed by atoms with Crippen molar-refractivity contribution >= 4 is 52.4 Å². The predicted molar refractivity (Wildman–Crippen MR) is 198 cm³/mol. The second kappa shape index (κ2) is 19.9. The maximum Gasteiger partial charge on any atom is 0.326 e. The van der Waals surface area contributed by atoms with Gasteiger partial charge in [-0.25, -0.2) is 4.79 Å². The van der Waals surface area contributed by atoms with Crippen LogP contribution in [0.15, 0.2) is 54.7 Å². The monoisotopic (exact) mass is 767 g/mol. The Kier molecular flexibility index (Phi) is 15.7. The second-order valence-electron chi connectivity index (χ2n) is 13.8. The third-order valence-corrected chi connectivity index (χ3v) is 8.82. The number of amides is 5. The van der Waals surface area contributed by atoms with E-state index in [2.05, 4.69) is 31.6 Å². The first kappa shape index (κ1) is 43.4. The number of fused-ring (bicyclic) bond motifs is 1. The Balaban J connectivity index is 1.86. The number of nitrogens with one attached hydrogen (secondary N) is 6. The van der Waals surface area contributed by atoms with Gasteiger partial charge in [-0.2, -0.15) is 0 Å². The molecular formula is C37H49N7O11. The smallest absolute Gasteiger partial charge is 0.326 e. The van der Waals surface area contributed by atoms with Gasteiger partial charge in [-0.05, 0) is 41.2 Å². The standard InChI is InChI=1S/C37H49N7O11/c1-18(2)30(38)35(52)43-28(17-45)34(51)44-31(19(3)4)36(53)41-26(15-29(47)48)33(50)40-25(14-21-16-39-24-8-6-5-7-23(21)24)32(49)42-27(37(54)55)13-20-9-11-22(46)12-10-20/h5-12,16,18-19,25-28,30-31,39,45-46H,13-15,17,38H2,1-4H3,(H,40,50)(H,41,53)(H,42,49)(H,43,52)(H,44,51)(H,47,48)(H,54,55)/t25-,26-,27-,28-,30-,31-/m0/s1. The summed E-state index contributed by atoms with van der Waals surface area (Å²) in [5.74, 6) is -8.52. The van der Waals surface area contributed by atoms with Crippen molar-refractivity contribution in [3.05, 3.63) is 65.9 Å². The molecule has 0 aliphatic carbocycles. The number of phenolic OH excluding ortho intramolecular Hbond substituents is 1. The molecule has 0 radical (unpaired) electrons. The third kappa shape index (κ3) is 12.5. The van der Waals surface area contributed by atoms with Crippen LogP contribution in [0, 0.1) is 11.8 Å². The van der Waals surface area contributed by atoms with E-state index in [9.17, 15) is 54.0 Å². The highest BCUT2D eigenvalue weighted by Gasteiger charge is 2.35. The molecule has 1 aromatic heterocycles. The van der Waals surface area contributed by atoms with E-state index < -0.39 is 96.7 Å². The number of aromatic nitrogens is 1. The zero-order valence-electron chi connectivity index (χ0n) is 30.9. The number of para-hydroxylation sites is 1. The fraction of sp³-hybridized carbons (Fsp3) is 0.432. The Bertz CT molecular complexity index is 1840. The summed E-state index contributed by atoms with van der Waals surface area (Å²) in [6.45, 7) is 5.64. The van der Waals surface area contributed by atoms with Gasteiger partial charge in [-0.1, -0.05) is 58.0 Å². The number of nitrogens with two attached hydrogens (primary N) is 1. The molecule has 3 rings (SSSR count). The van der Waals surface area contributed by atoms with Gasteiger partial charge in [0.05, 0.1) is 19.1 Å². The van der Waals surface area contributed by atoms with E-state index in [1.165, 1.54) is 24.3 Å². The molecule has 6 atom stereocenters. The summed E-state index contributed by atoms with van der Waals surface area (Å²) in [7, 11) is 0. The van der Waals surface area contributed by atoms with Gasteiger partial charge in [0.1, 0.15) is 36.0 Å². The minimum absolute atomic E-state index is 0.0450. The number of hydrogen-bond acceptors (Lipinski definition) is 10.